The number of benzene rings is 1. The van der Waals surface area contributed by atoms with Gasteiger partial charge in [-0.2, -0.15) is 0 Å². The van der Waals surface area contributed by atoms with Crippen LogP contribution >= 0.6 is 0 Å². The first kappa shape index (κ1) is 22.1. The van der Waals surface area contributed by atoms with E-state index in [1.165, 1.54) is 0 Å². The summed E-state index contributed by atoms with van der Waals surface area (Å²) in [4.78, 5) is 35.6. The highest BCUT2D eigenvalue weighted by Crippen LogP contribution is 2.39. The van der Waals surface area contributed by atoms with Gasteiger partial charge in [0.15, 0.2) is 5.65 Å². The quantitative estimate of drug-likeness (QED) is 0.455. The lowest BCUT2D eigenvalue weighted by Gasteiger charge is -2.25. The van der Waals surface area contributed by atoms with E-state index < -0.39 is 5.54 Å². The minimum atomic E-state index is -0.811. The second-order valence-electron chi connectivity index (χ2n) is 9.21. The number of carbonyl (C=O) groups excluding carboxylic acids is 1. The smallest absolute Gasteiger partial charge is 0.249 e. The van der Waals surface area contributed by atoms with Crippen LogP contribution in [0.25, 0.3) is 33.8 Å². The topological polar surface area (TPSA) is 111 Å². The monoisotopic (exact) mass is 456 g/mol. The standard InChI is InChI=1S/C25H28N8O/c1-6-33-22(17-11-26-15(4)27-12-17)32-21-20(28-13-29-23(21)33)16-7-8-19-18(9-16)25(5,24(34)31-19)30-10-14(2)3/h7-9,11-14,30H,6,10H2,1-5H3,(H,31,34). The van der Waals surface area contributed by atoms with E-state index in [0.717, 1.165) is 46.1 Å². The molecule has 1 unspecified atom stereocenters. The van der Waals surface area contributed by atoms with Gasteiger partial charge in [0.25, 0.3) is 0 Å². The average molecular weight is 457 g/mol. The summed E-state index contributed by atoms with van der Waals surface area (Å²) in [7, 11) is 0. The van der Waals surface area contributed by atoms with E-state index in [1.807, 2.05) is 36.6 Å². The van der Waals surface area contributed by atoms with Gasteiger partial charge in [-0.25, -0.2) is 24.9 Å². The van der Waals surface area contributed by atoms with Crippen molar-refractivity contribution < 1.29 is 4.79 Å². The third-order valence-corrected chi connectivity index (χ3v) is 6.29. The largest absolute Gasteiger partial charge is 0.324 e. The number of nitrogens with one attached hydrogen (secondary N) is 2. The van der Waals surface area contributed by atoms with Gasteiger partial charge in [0.05, 0.1) is 5.56 Å². The summed E-state index contributed by atoms with van der Waals surface area (Å²) < 4.78 is 2.04. The number of amides is 1. The molecule has 174 valence electrons. The lowest BCUT2D eigenvalue weighted by molar-refractivity contribution is -0.121. The number of rotatable bonds is 6. The molecule has 0 bridgehead atoms. The zero-order valence-electron chi connectivity index (χ0n) is 20.0. The Kier molecular flexibility index (Phi) is 5.36. The Morgan fingerprint density at radius 1 is 1.12 bits per heavy atom. The molecule has 5 rings (SSSR count). The van der Waals surface area contributed by atoms with Crippen molar-refractivity contribution in [3.63, 3.8) is 0 Å². The minimum Gasteiger partial charge on any atom is -0.324 e. The Morgan fingerprint density at radius 2 is 1.88 bits per heavy atom. The molecule has 9 heteroatoms. The average Bonchev–Trinajstić information content (AvgIpc) is 3.33. The molecular weight excluding hydrogens is 428 g/mol. The first-order valence-corrected chi connectivity index (χ1v) is 11.5. The van der Waals surface area contributed by atoms with Gasteiger partial charge >= 0.3 is 0 Å². The van der Waals surface area contributed by atoms with Gasteiger partial charge in [-0.1, -0.05) is 19.9 Å². The van der Waals surface area contributed by atoms with Crippen molar-refractivity contribution >= 4 is 22.8 Å². The molecule has 1 aromatic carbocycles. The number of nitrogens with zero attached hydrogens (tertiary/aromatic N) is 6. The maximum atomic E-state index is 12.9. The van der Waals surface area contributed by atoms with E-state index >= 15 is 0 Å². The SMILES string of the molecule is CCn1c(-c2cnc(C)nc2)nc2c(-c3ccc4c(c3)C(C)(NCC(C)C)C(=O)N4)ncnc21. The van der Waals surface area contributed by atoms with E-state index in [0.29, 0.717) is 23.8 Å². The number of imidazole rings is 1. The summed E-state index contributed by atoms with van der Waals surface area (Å²) in [5, 5.41) is 6.46. The Labute approximate surface area is 198 Å². The summed E-state index contributed by atoms with van der Waals surface area (Å²) in [6.07, 6.45) is 5.12. The highest BCUT2D eigenvalue weighted by molar-refractivity contribution is 6.06. The normalized spacial score (nSPS) is 17.4. The van der Waals surface area contributed by atoms with Crippen LogP contribution in [0.3, 0.4) is 0 Å². The van der Waals surface area contributed by atoms with E-state index in [1.54, 1.807) is 18.7 Å². The van der Waals surface area contributed by atoms with E-state index in [4.69, 9.17) is 4.98 Å². The number of hydrogen-bond acceptors (Lipinski definition) is 7. The van der Waals surface area contributed by atoms with Crippen LogP contribution in [0, 0.1) is 12.8 Å². The van der Waals surface area contributed by atoms with E-state index in [-0.39, 0.29) is 5.91 Å². The fraction of sp³-hybridized carbons (Fsp3) is 0.360. The molecule has 0 fully saturated rings. The highest BCUT2D eigenvalue weighted by atomic mass is 16.2. The fourth-order valence-electron chi connectivity index (χ4n) is 4.34. The lowest BCUT2D eigenvalue weighted by atomic mass is 9.91. The van der Waals surface area contributed by atoms with E-state index in [9.17, 15) is 4.79 Å². The summed E-state index contributed by atoms with van der Waals surface area (Å²) in [6, 6.07) is 5.93. The predicted octanol–water partition coefficient (Wildman–Crippen LogP) is 3.69. The number of fused-ring (bicyclic) bond motifs is 2. The first-order valence-electron chi connectivity index (χ1n) is 11.5. The molecule has 1 atom stereocenters. The van der Waals surface area contributed by atoms with Crippen LogP contribution in [0.2, 0.25) is 0 Å². The molecule has 0 saturated heterocycles. The second kappa shape index (κ2) is 8.25. The first-order chi connectivity index (χ1) is 16.3. The van der Waals surface area contributed by atoms with Crippen LogP contribution < -0.4 is 10.6 Å². The van der Waals surface area contributed by atoms with Crippen LogP contribution in [0.1, 0.15) is 39.1 Å². The van der Waals surface area contributed by atoms with Gasteiger partial charge in [-0.15, -0.1) is 0 Å². The third kappa shape index (κ3) is 3.52. The predicted molar refractivity (Wildman–Crippen MR) is 131 cm³/mol. The van der Waals surface area contributed by atoms with Crippen LogP contribution in [-0.2, 0) is 16.9 Å². The van der Waals surface area contributed by atoms with Crippen LogP contribution in [0.15, 0.2) is 36.9 Å². The third-order valence-electron chi connectivity index (χ3n) is 6.29. The minimum absolute atomic E-state index is 0.0509. The number of carbonyl (C=O) groups is 1. The number of aryl methyl sites for hydroxylation is 2. The van der Waals surface area contributed by atoms with Gasteiger partial charge in [0.1, 0.15) is 34.7 Å². The highest BCUT2D eigenvalue weighted by Gasteiger charge is 2.42. The lowest BCUT2D eigenvalue weighted by Crippen LogP contribution is -2.46. The van der Waals surface area contributed by atoms with Crippen molar-refractivity contribution in [3.8, 4) is 22.6 Å². The van der Waals surface area contributed by atoms with Gasteiger partial charge in [-0.05, 0) is 45.4 Å². The van der Waals surface area contributed by atoms with Crippen molar-refractivity contribution in [2.45, 2.75) is 46.7 Å². The molecule has 1 amide bonds. The zero-order valence-corrected chi connectivity index (χ0v) is 20.0. The maximum absolute atomic E-state index is 12.9. The number of hydrogen-bond donors (Lipinski definition) is 2. The summed E-state index contributed by atoms with van der Waals surface area (Å²) in [5.74, 6) is 1.82. The van der Waals surface area contributed by atoms with Gasteiger partial charge in [0.2, 0.25) is 5.91 Å². The molecule has 4 heterocycles. The van der Waals surface area contributed by atoms with E-state index in [2.05, 4.69) is 51.3 Å². The number of aromatic nitrogens is 6. The van der Waals surface area contributed by atoms with Crippen LogP contribution in [-0.4, -0.2) is 41.9 Å². The Balaban J connectivity index is 1.64. The van der Waals surface area contributed by atoms with Crippen molar-refractivity contribution in [1.82, 2.24) is 34.8 Å². The molecular formula is C25H28N8O. The van der Waals surface area contributed by atoms with Crippen molar-refractivity contribution in [1.29, 1.82) is 0 Å². The molecule has 9 nitrogen and oxygen atoms in total. The molecule has 4 aromatic rings. The van der Waals surface area contributed by atoms with Crippen molar-refractivity contribution in [2.75, 3.05) is 11.9 Å². The molecule has 0 radical (unpaired) electrons. The Bertz CT molecular complexity index is 1390. The van der Waals surface area contributed by atoms with Gasteiger partial charge in [0, 0.05) is 35.8 Å². The molecule has 1 aliphatic rings. The molecule has 3 aromatic heterocycles. The van der Waals surface area contributed by atoms with Crippen molar-refractivity contribution in [3.05, 3.63) is 48.3 Å². The fourth-order valence-corrected chi connectivity index (χ4v) is 4.34. The second-order valence-corrected chi connectivity index (χ2v) is 9.21. The Hall–Kier alpha value is -3.72. The van der Waals surface area contributed by atoms with Crippen molar-refractivity contribution in [2.24, 2.45) is 5.92 Å². The van der Waals surface area contributed by atoms with Crippen LogP contribution in [0.4, 0.5) is 5.69 Å². The molecule has 0 aliphatic carbocycles. The zero-order chi connectivity index (χ0) is 24.0. The molecule has 0 spiro atoms. The molecule has 1 aliphatic heterocycles. The molecule has 2 N–H and O–H groups in total. The summed E-state index contributed by atoms with van der Waals surface area (Å²) in [6.45, 7) is 11.5. The van der Waals surface area contributed by atoms with Gasteiger partial charge in [-0.3, -0.25) is 10.1 Å². The molecule has 0 saturated carbocycles. The Morgan fingerprint density at radius 3 is 2.59 bits per heavy atom. The summed E-state index contributed by atoms with van der Waals surface area (Å²) >= 11 is 0. The van der Waals surface area contributed by atoms with Gasteiger partial charge < -0.3 is 9.88 Å². The maximum Gasteiger partial charge on any atom is 0.249 e. The van der Waals surface area contributed by atoms with Crippen LogP contribution in [0.5, 0.6) is 0 Å². The number of anilines is 1. The molecule has 34 heavy (non-hydrogen) atoms. The summed E-state index contributed by atoms with van der Waals surface area (Å²) in [5.41, 5.74) is 4.79.